The number of aryl methyl sites for hydroxylation is 1. The molecule has 0 N–H and O–H groups in total. The third kappa shape index (κ3) is 4.00. The van der Waals surface area contributed by atoms with Crippen LogP contribution >= 0.6 is 0 Å². The van der Waals surface area contributed by atoms with E-state index in [1.165, 1.54) is 4.52 Å². The van der Waals surface area contributed by atoms with Gasteiger partial charge in [-0.3, -0.25) is 4.90 Å². The highest BCUT2D eigenvalue weighted by molar-refractivity contribution is 5.48. The lowest BCUT2D eigenvalue weighted by Crippen LogP contribution is -2.46. The van der Waals surface area contributed by atoms with Crippen molar-refractivity contribution in [1.29, 1.82) is 5.26 Å². The number of alkyl halides is 3. The van der Waals surface area contributed by atoms with E-state index in [-0.39, 0.29) is 5.78 Å². The minimum absolute atomic E-state index is 0.0488. The lowest BCUT2D eigenvalue weighted by atomic mass is 10.1. The van der Waals surface area contributed by atoms with Crippen molar-refractivity contribution in [2.75, 3.05) is 31.1 Å². The van der Waals surface area contributed by atoms with Crippen LogP contribution in [0.5, 0.6) is 0 Å². The summed E-state index contributed by atoms with van der Waals surface area (Å²) in [7, 11) is 0. The number of benzene rings is 1. The van der Waals surface area contributed by atoms with Crippen LogP contribution < -0.4 is 4.90 Å². The Bertz CT molecular complexity index is 1060. The minimum Gasteiger partial charge on any atom is -0.354 e. The summed E-state index contributed by atoms with van der Waals surface area (Å²) in [6, 6.07) is 11.3. The van der Waals surface area contributed by atoms with Gasteiger partial charge in [-0.2, -0.15) is 27.9 Å². The van der Waals surface area contributed by atoms with Crippen molar-refractivity contribution in [1.82, 2.24) is 24.5 Å². The average molecular weight is 401 g/mol. The molecule has 0 radical (unpaired) electrons. The number of hydrogen-bond acceptors (Lipinski definition) is 6. The number of fused-ring (bicyclic) bond motifs is 1. The summed E-state index contributed by atoms with van der Waals surface area (Å²) in [5.74, 6) is -0.669. The second kappa shape index (κ2) is 7.33. The monoisotopic (exact) mass is 401 g/mol. The molecule has 150 valence electrons. The standard InChI is InChI=1S/C19H18F3N7/c1-13-10-16(29-18(24-13)25-17(26-29)19(20,21)22)28-8-6-27(7-9-28)12-15-4-2-14(11-23)3-5-15/h2-5,10H,6-9,12H2,1H3. The Balaban J connectivity index is 1.50. The summed E-state index contributed by atoms with van der Waals surface area (Å²) in [5, 5.41) is 12.5. The zero-order valence-electron chi connectivity index (χ0n) is 15.7. The average Bonchev–Trinajstić information content (AvgIpc) is 3.13. The molecule has 1 aliphatic heterocycles. The molecule has 1 aliphatic rings. The van der Waals surface area contributed by atoms with Crippen molar-refractivity contribution in [2.45, 2.75) is 19.6 Å². The van der Waals surface area contributed by atoms with Gasteiger partial charge in [0.2, 0.25) is 0 Å². The third-order valence-corrected chi connectivity index (χ3v) is 4.86. The van der Waals surface area contributed by atoms with E-state index >= 15 is 0 Å². The molecule has 0 amide bonds. The first-order valence-electron chi connectivity index (χ1n) is 9.11. The quantitative estimate of drug-likeness (QED) is 0.672. The molecule has 3 heterocycles. The van der Waals surface area contributed by atoms with Crippen LogP contribution in [0.2, 0.25) is 0 Å². The van der Waals surface area contributed by atoms with Gasteiger partial charge < -0.3 is 4.90 Å². The van der Waals surface area contributed by atoms with Gasteiger partial charge in [0.1, 0.15) is 5.82 Å². The van der Waals surface area contributed by atoms with Crippen LogP contribution in [-0.4, -0.2) is 50.7 Å². The SMILES string of the molecule is Cc1cc(N2CCN(Cc3ccc(C#N)cc3)CC2)n2nc(C(F)(F)F)nc2n1. The molecule has 1 aromatic carbocycles. The summed E-state index contributed by atoms with van der Waals surface area (Å²) >= 11 is 0. The normalized spacial score (nSPS) is 15.6. The Morgan fingerprint density at radius 3 is 2.38 bits per heavy atom. The summed E-state index contributed by atoms with van der Waals surface area (Å²) in [4.78, 5) is 11.9. The number of anilines is 1. The van der Waals surface area contributed by atoms with E-state index in [1.54, 1.807) is 25.1 Å². The molecule has 4 rings (SSSR count). The fraction of sp³-hybridized carbons (Fsp3) is 0.368. The van der Waals surface area contributed by atoms with E-state index < -0.39 is 12.0 Å². The maximum Gasteiger partial charge on any atom is 0.453 e. The maximum absolute atomic E-state index is 13.0. The fourth-order valence-corrected chi connectivity index (χ4v) is 3.39. The van der Waals surface area contributed by atoms with E-state index in [0.717, 1.165) is 25.2 Å². The molecule has 0 atom stereocenters. The van der Waals surface area contributed by atoms with Crippen LogP contribution in [0.15, 0.2) is 30.3 Å². The van der Waals surface area contributed by atoms with Crippen LogP contribution in [0, 0.1) is 18.3 Å². The molecule has 7 nitrogen and oxygen atoms in total. The highest BCUT2D eigenvalue weighted by Gasteiger charge is 2.37. The second-order valence-corrected chi connectivity index (χ2v) is 6.97. The molecule has 0 spiro atoms. The first kappa shape index (κ1) is 19.1. The van der Waals surface area contributed by atoms with Crippen LogP contribution in [0.25, 0.3) is 5.78 Å². The van der Waals surface area contributed by atoms with Crippen LogP contribution in [0.4, 0.5) is 19.0 Å². The Morgan fingerprint density at radius 1 is 1.07 bits per heavy atom. The molecular weight excluding hydrogens is 383 g/mol. The van der Waals surface area contributed by atoms with Gasteiger partial charge in [-0.05, 0) is 24.6 Å². The molecule has 1 fully saturated rings. The zero-order chi connectivity index (χ0) is 20.6. The first-order chi connectivity index (χ1) is 13.8. The van der Waals surface area contributed by atoms with E-state index in [2.05, 4.69) is 26.0 Å². The van der Waals surface area contributed by atoms with Crippen molar-refractivity contribution >= 4 is 11.6 Å². The summed E-state index contributed by atoms with van der Waals surface area (Å²) in [6.07, 6.45) is -4.61. The van der Waals surface area contributed by atoms with Crippen LogP contribution in [0.3, 0.4) is 0 Å². The number of hydrogen-bond donors (Lipinski definition) is 0. The predicted molar refractivity (Wildman–Crippen MR) is 99.2 cm³/mol. The van der Waals surface area contributed by atoms with Crippen molar-refractivity contribution in [3.05, 3.63) is 53.0 Å². The lowest BCUT2D eigenvalue weighted by Gasteiger charge is -2.36. The van der Waals surface area contributed by atoms with Crippen LogP contribution in [-0.2, 0) is 12.7 Å². The second-order valence-electron chi connectivity index (χ2n) is 6.97. The van der Waals surface area contributed by atoms with E-state index in [0.29, 0.717) is 30.2 Å². The van der Waals surface area contributed by atoms with Gasteiger partial charge >= 0.3 is 6.18 Å². The molecule has 29 heavy (non-hydrogen) atoms. The van der Waals surface area contributed by atoms with Gasteiger partial charge in [-0.1, -0.05) is 12.1 Å². The summed E-state index contributed by atoms with van der Waals surface area (Å²) in [5.41, 5.74) is 2.33. The number of nitriles is 1. The van der Waals surface area contributed by atoms with E-state index in [9.17, 15) is 13.2 Å². The van der Waals surface area contributed by atoms with Crippen molar-refractivity contribution in [3.63, 3.8) is 0 Å². The van der Waals surface area contributed by atoms with Gasteiger partial charge in [0.05, 0.1) is 11.6 Å². The molecule has 2 aromatic heterocycles. The Labute approximate surface area is 165 Å². The minimum atomic E-state index is -4.61. The Morgan fingerprint density at radius 2 is 1.76 bits per heavy atom. The molecule has 0 aliphatic carbocycles. The highest BCUT2D eigenvalue weighted by Crippen LogP contribution is 2.28. The van der Waals surface area contributed by atoms with E-state index in [4.69, 9.17) is 5.26 Å². The molecule has 0 unspecified atom stereocenters. The van der Waals surface area contributed by atoms with Crippen molar-refractivity contribution in [2.24, 2.45) is 0 Å². The highest BCUT2D eigenvalue weighted by atomic mass is 19.4. The maximum atomic E-state index is 13.0. The van der Waals surface area contributed by atoms with E-state index in [1.807, 2.05) is 17.0 Å². The fourth-order valence-electron chi connectivity index (χ4n) is 3.39. The summed E-state index contributed by atoms with van der Waals surface area (Å²) in [6.45, 7) is 5.29. The third-order valence-electron chi connectivity index (χ3n) is 4.86. The smallest absolute Gasteiger partial charge is 0.354 e. The van der Waals surface area contributed by atoms with Gasteiger partial charge in [0.25, 0.3) is 11.6 Å². The topological polar surface area (TPSA) is 73.3 Å². The molecule has 10 heteroatoms. The lowest BCUT2D eigenvalue weighted by molar-refractivity contribution is -0.144. The molecule has 0 bridgehead atoms. The van der Waals surface area contributed by atoms with Crippen molar-refractivity contribution < 1.29 is 13.2 Å². The predicted octanol–water partition coefficient (Wildman–Crippen LogP) is 2.65. The van der Waals surface area contributed by atoms with Gasteiger partial charge in [-0.25, -0.2) is 4.98 Å². The van der Waals surface area contributed by atoms with Gasteiger partial charge in [0, 0.05) is 44.5 Å². The zero-order valence-corrected chi connectivity index (χ0v) is 15.7. The number of rotatable bonds is 3. The molecule has 3 aromatic rings. The molecule has 1 saturated heterocycles. The summed E-state index contributed by atoms with van der Waals surface area (Å²) < 4.78 is 40.2. The van der Waals surface area contributed by atoms with Gasteiger partial charge in [-0.15, -0.1) is 5.10 Å². The van der Waals surface area contributed by atoms with Crippen molar-refractivity contribution in [3.8, 4) is 6.07 Å². The molecular formula is C19H18F3N7. The number of nitrogens with zero attached hydrogens (tertiary/aromatic N) is 7. The van der Waals surface area contributed by atoms with Gasteiger partial charge in [0.15, 0.2) is 0 Å². The number of halogens is 3. The number of piperazine rings is 1. The molecule has 0 saturated carbocycles. The largest absolute Gasteiger partial charge is 0.453 e. The Kier molecular flexibility index (Phi) is 4.84. The first-order valence-corrected chi connectivity index (χ1v) is 9.11. The van der Waals surface area contributed by atoms with Crippen LogP contribution in [0.1, 0.15) is 22.6 Å². The Hall–Kier alpha value is -3.19. The number of aromatic nitrogens is 4.